The molecule has 0 bridgehead atoms. The lowest BCUT2D eigenvalue weighted by Crippen LogP contribution is -2.46. The summed E-state index contributed by atoms with van der Waals surface area (Å²) < 4.78 is 4.18. The van der Waals surface area contributed by atoms with Crippen LogP contribution in [-0.4, -0.2) is 143 Å². The van der Waals surface area contributed by atoms with Crippen molar-refractivity contribution >= 4 is 67.4 Å². The average molecular weight is 802 g/mol. The zero-order chi connectivity index (χ0) is 40.5. The van der Waals surface area contributed by atoms with Gasteiger partial charge in [-0.05, 0) is 46.5 Å². The van der Waals surface area contributed by atoms with Gasteiger partial charge in [0, 0.05) is 97.6 Å². The van der Waals surface area contributed by atoms with E-state index in [2.05, 4.69) is 42.7 Å². The van der Waals surface area contributed by atoms with E-state index in [1.165, 1.54) is 21.1 Å². The quantitative estimate of drug-likeness (QED) is 0.204. The van der Waals surface area contributed by atoms with Gasteiger partial charge in [0.2, 0.25) is 11.8 Å². The number of thiazole rings is 1. The van der Waals surface area contributed by atoms with E-state index in [1.54, 1.807) is 74.6 Å². The second kappa shape index (κ2) is 16.1. The number of nitrogens with zero attached hydrogens (tertiary/aromatic N) is 12. The van der Waals surface area contributed by atoms with Crippen LogP contribution in [0.5, 0.6) is 0 Å². The molecule has 18 heteroatoms. The van der Waals surface area contributed by atoms with E-state index in [-0.39, 0.29) is 48.3 Å². The van der Waals surface area contributed by atoms with Crippen LogP contribution >= 0.6 is 11.3 Å². The summed E-state index contributed by atoms with van der Waals surface area (Å²) in [7, 11) is 6.81. The highest BCUT2D eigenvalue weighted by molar-refractivity contribution is 7.20. The number of carbonyl (C=O) groups excluding carboxylic acids is 4. The lowest BCUT2D eigenvalue weighted by atomic mass is 9.81. The number of hydrogen-bond acceptors (Lipinski definition) is 11. The van der Waals surface area contributed by atoms with Crippen LogP contribution in [0.1, 0.15) is 44.3 Å². The molecular weight excluding hydrogens is 759 g/mol. The van der Waals surface area contributed by atoms with Gasteiger partial charge in [-0.2, -0.15) is 0 Å². The van der Waals surface area contributed by atoms with E-state index in [4.69, 9.17) is 4.98 Å². The Morgan fingerprint density at radius 2 is 1.36 bits per heavy atom. The van der Waals surface area contributed by atoms with Crippen molar-refractivity contribution in [1.29, 1.82) is 0 Å². The number of rotatable bonds is 11. The summed E-state index contributed by atoms with van der Waals surface area (Å²) in [5.41, 5.74) is 6.14. The molecule has 2 aliphatic rings. The summed E-state index contributed by atoms with van der Waals surface area (Å²) in [5.74, 6) is -0.697. The standard InChI is InChI=1S/C40H43N13O4S/c1-48(2)39(56)34-19-31-32(44-34)18-26(20-41-31)28-16-30(24-51(22-28)37(55)8-12-53-14-10-43-47-53)29-15-27(21-50(23-29)36(54)7-11-52-13-9-42-46-52)25-5-6-35-33(17-25)45-38(58-35)40(57)49(3)4/h5-6,9-10,13-20,29-30,44H,7-8,11-12,21-24H2,1-4H3. The zero-order valence-electron chi connectivity index (χ0n) is 32.6. The number of aromatic amines is 1. The molecule has 298 valence electrons. The van der Waals surface area contributed by atoms with Gasteiger partial charge in [-0.25, -0.2) is 4.98 Å². The highest BCUT2D eigenvalue weighted by Gasteiger charge is 2.34. The largest absolute Gasteiger partial charge is 0.349 e. The molecule has 6 aromatic rings. The minimum Gasteiger partial charge on any atom is -0.349 e. The molecule has 17 nitrogen and oxygen atoms in total. The number of fused-ring (bicyclic) bond motifs is 2. The van der Waals surface area contributed by atoms with Crippen molar-refractivity contribution in [2.24, 2.45) is 11.8 Å². The van der Waals surface area contributed by atoms with Crippen molar-refractivity contribution in [2.75, 3.05) is 54.4 Å². The second-order valence-corrected chi connectivity index (χ2v) is 16.1. The minimum atomic E-state index is -0.169. The summed E-state index contributed by atoms with van der Waals surface area (Å²) in [5, 5.41) is 16.2. The Labute approximate surface area is 337 Å². The molecule has 5 aromatic heterocycles. The van der Waals surface area contributed by atoms with Gasteiger partial charge >= 0.3 is 0 Å². The van der Waals surface area contributed by atoms with Crippen LogP contribution in [0.4, 0.5) is 0 Å². The van der Waals surface area contributed by atoms with E-state index in [1.807, 2.05) is 34.1 Å². The Bertz CT molecular complexity index is 2380. The van der Waals surface area contributed by atoms with E-state index < -0.39 is 0 Å². The van der Waals surface area contributed by atoms with Gasteiger partial charge in [0.15, 0.2) is 5.01 Å². The average Bonchev–Trinajstić information content (AvgIpc) is 4.08. The van der Waals surface area contributed by atoms with Crippen molar-refractivity contribution in [3.63, 3.8) is 0 Å². The van der Waals surface area contributed by atoms with Gasteiger partial charge in [-0.15, -0.1) is 21.5 Å². The molecule has 2 aliphatic heterocycles. The van der Waals surface area contributed by atoms with Crippen LogP contribution in [0.2, 0.25) is 0 Å². The van der Waals surface area contributed by atoms with Crippen LogP contribution in [0.25, 0.3) is 32.4 Å². The predicted molar refractivity (Wildman–Crippen MR) is 217 cm³/mol. The molecule has 0 aliphatic carbocycles. The molecular formula is C40H43N13O4S. The van der Waals surface area contributed by atoms with Crippen molar-refractivity contribution in [3.8, 4) is 0 Å². The number of carbonyl (C=O) groups is 4. The minimum absolute atomic E-state index is 0.0232. The van der Waals surface area contributed by atoms with Crippen molar-refractivity contribution < 1.29 is 19.2 Å². The number of aromatic nitrogens is 9. The second-order valence-electron chi connectivity index (χ2n) is 15.0. The van der Waals surface area contributed by atoms with Crippen molar-refractivity contribution in [3.05, 3.63) is 95.3 Å². The highest BCUT2D eigenvalue weighted by atomic mass is 32.1. The number of amides is 4. The van der Waals surface area contributed by atoms with Crippen molar-refractivity contribution in [1.82, 2.24) is 64.5 Å². The fraction of sp³-hybridized carbons (Fsp3) is 0.350. The van der Waals surface area contributed by atoms with Crippen LogP contribution in [-0.2, 0) is 22.7 Å². The predicted octanol–water partition coefficient (Wildman–Crippen LogP) is 3.32. The van der Waals surface area contributed by atoms with E-state index in [0.29, 0.717) is 66.5 Å². The molecule has 8 rings (SSSR count). The van der Waals surface area contributed by atoms with Crippen LogP contribution in [0.15, 0.2) is 73.5 Å². The van der Waals surface area contributed by atoms with Gasteiger partial charge in [0.1, 0.15) is 5.69 Å². The molecule has 0 spiro atoms. The molecule has 0 fully saturated rings. The Hall–Kier alpha value is -6.56. The third-order valence-electron chi connectivity index (χ3n) is 10.5. The molecule has 2 atom stereocenters. The van der Waals surface area contributed by atoms with E-state index in [9.17, 15) is 19.2 Å². The fourth-order valence-electron chi connectivity index (χ4n) is 7.44. The Kier molecular flexibility index (Phi) is 10.7. The van der Waals surface area contributed by atoms with E-state index in [0.717, 1.165) is 27.0 Å². The van der Waals surface area contributed by atoms with Crippen LogP contribution in [0, 0.1) is 11.8 Å². The highest BCUT2D eigenvalue weighted by Crippen LogP contribution is 2.36. The zero-order valence-corrected chi connectivity index (χ0v) is 33.5. The first kappa shape index (κ1) is 38.3. The number of aryl methyl sites for hydroxylation is 2. The van der Waals surface area contributed by atoms with Crippen molar-refractivity contribution in [2.45, 2.75) is 25.9 Å². The lowest BCUT2D eigenvalue weighted by Gasteiger charge is -2.40. The molecule has 7 heterocycles. The third-order valence-corrected chi connectivity index (χ3v) is 11.6. The first-order valence-electron chi connectivity index (χ1n) is 19.0. The SMILES string of the molecule is CN(C)C(=O)c1cc2ncc(C3=CC(C4C=C(c5ccc6sc(C(=O)N(C)C)nc6c5)CN(C(=O)CCn5ccnn5)C4)CN(C(=O)CCn4ccnn4)C3)cc2[nH]1. The molecule has 0 saturated heterocycles. The maximum atomic E-state index is 14.0. The number of benzene rings is 1. The lowest BCUT2D eigenvalue weighted by molar-refractivity contribution is -0.133. The third kappa shape index (κ3) is 8.13. The molecule has 1 N–H and O–H groups in total. The molecule has 0 radical (unpaired) electrons. The number of nitrogens with one attached hydrogen (secondary N) is 1. The monoisotopic (exact) mass is 801 g/mol. The van der Waals surface area contributed by atoms with Gasteiger partial charge in [0.05, 0.1) is 46.7 Å². The molecule has 1 aromatic carbocycles. The van der Waals surface area contributed by atoms with Gasteiger partial charge in [0.25, 0.3) is 11.8 Å². The summed E-state index contributed by atoms with van der Waals surface area (Å²) in [6.45, 7) is 2.42. The first-order valence-corrected chi connectivity index (χ1v) is 19.8. The summed E-state index contributed by atoms with van der Waals surface area (Å²) >= 11 is 1.35. The maximum absolute atomic E-state index is 14.0. The van der Waals surface area contributed by atoms with Gasteiger partial charge in [-0.1, -0.05) is 28.6 Å². The molecule has 2 unspecified atom stereocenters. The van der Waals surface area contributed by atoms with Crippen LogP contribution < -0.4 is 0 Å². The molecule has 4 amide bonds. The van der Waals surface area contributed by atoms with E-state index >= 15 is 0 Å². The molecule has 0 saturated carbocycles. The van der Waals surface area contributed by atoms with Crippen LogP contribution in [0.3, 0.4) is 0 Å². The Morgan fingerprint density at radius 1 is 0.759 bits per heavy atom. The topological polar surface area (TPSA) is 184 Å². The summed E-state index contributed by atoms with van der Waals surface area (Å²) in [6.07, 6.45) is 13.3. The fourth-order valence-corrected chi connectivity index (χ4v) is 8.41. The smallest absolute Gasteiger partial charge is 0.282 e. The number of pyridine rings is 1. The summed E-state index contributed by atoms with van der Waals surface area (Å²) in [4.78, 5) is 72.8. The summed E-state index contributed by atoms with van der Waals surface area (Å²) in [6, 6.07) is 9.70. The Balaban J connectivity index is 1.15. The number of hydrogen-bond donors (Lipinski definition) is 1. The maximum Gasteiger partial charge on any atom is 0.282 e. The molecule has 58 heavy (non-hydrogen) atoms. The normalized spacial score (nSPS) is 17.0. The Morgan fingerprint density at radius 3 is 1.93 bits per heavy atom. The van der Waals surface area contributed by atoms with Gasteiger partial charge < -0.3 is 24.6 Å². The number of H-pyrrole nitrogens is 1. The van der Waals surface area contributed by atoms with Gasteiger partial charge in [-0.3, -0.25) is 33.5 Å². The first-order chi connectivity index (χ1) is 28.0.